The highest BCUT2D eigenvalue weighted by Gasteiger charge is 2.41. The number of carbonyl (C=O) groups is 1. The molecule has 0 radical (unpaired) electrons. The van der Waals surface area contributed by atoms with Gasteiger partial charge in [-0.2, -0.15) is 14.9 Å². The normalized spacial score (nSPS) is 22.4. The number of hydrogen-bond donors (Lipinski definition) is 1. The van der Waals surface area contributed by atoms with E-state index in [1.165, 1.54) is 4.90 Å². The smallest absolute Gasteiger partial charge is 0.414 e. The molecule has 1 aliphatic heterocycles. The van der Waals surface area contributed by atoms with Gasteiger partial charge in [0.1, 0.15) is 24.8 Å². The van der Waals surface area contributed by atoms with Gasteiger partial charge in [0.15, 0.2) is 6.73 Å². The number of amides is 1. The molecule has 1 aromatic carbocycles. The first-order valence-electron chi connectivity index (χ1n) is 10.6. The maximum Gasteiger partial charge on any atom is 0.414 e. The molecule has 0 saturated carbocycles. The molecule has 4 atom stereocenters. The third-order valence-corrected chi connectivity index (χ3v) is 5.08. The minimum Gasteiger partial charge on any atom is -0.456 e. The lowest BCUT2D eigenvalue weighted by molar-refractivity contribution is -0.204. The molecule has 0 bridgehead atoms. The van der Waals surface area contributed by atoms with Crippen molar-refractivity contribution < 1.29 is 24.1 Å². The summed E-state index contributed by atoms with van der Waals surface area (Å²) in [6.07, 6.45) is -3.78. The molecule has 178 valence electrons. The Morgan fingerprint density at radius 3 is 2.76 bits per heavy atom. The van der Waals surface area contributed by atoms with Crippen LogP contribution in [0.4, 0.5) is 4.79 Å². The average Bonchev–Trinajstić information content (AvgIpc) is 3.19. The standard InChI is InChI=1S/C21H27N5O7/c1-3-9-25(13-31-18-10-14(2)23-26(18)15-7-5-4-6-8-15)21(28)33-19-11-16(24-30)20(27)17(32-19)12-22-29/h4-8,10,16-17,19-20,27H,3,9,11-13H2,1-2H3/t16?,17?,19?,20-/m0/s1. The van der Waals surface area contributed by atoms with Crippen LogP contribution in [-0.2, 0) is 9.47 Å². The zero-order valence-electron chi connectivity index (χ0n) is 18.4. The number of ether oxygens (including phenoxy) is 3. The SMILES string of the molecule is CCCN(COc1cc(C)nn1-c1ccccc1)C(=O)OC1CC(N=O)[C@H](O)C(CN=O)O1. The van der Waals surface area contributed by atoms with E-state index in [2.05, 4.69) is 15.5 Å². The van der Waals surface area contributed by atoms with Gasteiger partial charge in [-0.25, -0.2) is 9.48 Å². The Bertz CT molecular complexity index is 938. The number of para-hydroxylation sites is 1. The van der Waals surface area contributed by atoms with Gasteiger partial charge < -0.3 is 19.3 Å². The van der Waals surface area contributed by atoms with Crippen molar-refractivity contribution in [1.29, 1.82) is 0 Å². The van der Waals surface area contributed by atoms with Gasteiger partial charge in [0, 0.05) is 19.0 Å². The van der Waals surface area contributed by atoms with Crippen LogP contribution in [0.15, 0.2) is 46.8 Å². The van der Waals surface area contributed by atoms with Crippen LogP contribution >= 0.6 is 0 Å². The molecule has 1 saturated heterocycles. The molecule has 0 spiro atoms. The number of nitrogens with zero attached hydrogens (tertiary/aromatic N) is 5. The van der Waals surface area contributed by atoms with E-state index in [1.807, 2.05) is 44.2 Å². The largest absolute Gasteiger partial charge is 0.456 e. The maximum atomic E-state index is 12.8. The second-order valence-electron chi connectivity index (χ2n) is 7.61. The Hall–Kier alpha value is -3.38. The summed E-state index contributed by atoms with van der Waals surface area (Å²) in [4.78, 5) is 35.8. The molecule has 2 heterocycles. The van der Waals surface area contributed by atoms with E-state index in [1.54, 1.807) is 10.7 Å². The summed E-state index contributed by atoms with van der Waals surface area (Å²) in [6, 6.07) is 10.1. The molecule has 1 amide bonds. The van der Waals surface area contributed by atoms with Gasteiger partial charge in [0.2, 0.25) is 12.2 Å². The lowest BCUT2D eigenvalue weighted by Crippen LogP contribution is -2.51. The van der Waals surface area contributed by atoms with E-state index in [9.17, 15) is 19.7 Å². The molecule has 1 aliphatic rings. The quantitative estimate of drug-likeness (QED) is 0.420. The number of aliphatic hydroxyl groups excluding tert-OH is 1. The number of hydrogen-bond acceptors (Lipinski definition) is 10. The minimum atomic E-state index is -1.30. The van der Waals surface area contributed by atoms with Crippen LogP contribution in [-0.4, -0.2) is 70.2 Å². The van der Waals surface area contributed by atoms with Gasteiger partial charge in [-0.05, 0) is 25.5 Å². The van der Waals surface area contributed by atoms with Crippen LogP contribution in [0.1, 0.15) is 25.5 Å². The van der Waals surface area contributed by atoms with Gasteiger partial charge >= 0.3 is 6.09 Å². The summed E-state index contributed by atoms with van der Waals surface area (Å²) < 4.78 is 18.3. The minimum absolute atomic E-state index is 0.116. The van der Waals surface area contributed by atoms with Gasteiger partial charge in [-0.15, -0.1) is 0 Å². The number of aryl methyl sites for hydroxylation is 1. The Balaban J connectivity index is 1.66. The predicted octanol–water partition coefficient (Wildman–Crippen LogP) is 2.74. The molecule has 1 aromatic heterocycles. The van der Waals surface area contributed by atoms with Crippen LogP contribution in [0.25, 0.3) is 5.69 Å². The number of rotatable bonds is 10. The molecule has 0 aliphatic carbocycles. The predicted molar refractivity (Wildman–Crippen MR) is 117 cm³/mol. The third kappa shape index (κ3) is 6.11. The van der Waals surface area contributed by atoms with Crippen molar-refractivity contribution in [2.75, 3.05) is 19.8 Å². The van der Waals surface area contributed by atoms with Crippen LogP contribution in [0, 0.1) is 16.7 Å². The fourth-order valence-electron chi connectivity index (χ4n) is 3.46. The van der Waals surface area contributed by atoms with Crippen molar-refractivity contribution in [3.8, 4) is 11.6 Å². The van der Waals surface area contributed by atoms with Crippen molar-refractivity contribution in [3.63, 3.8) is 0 Å². The fourth-order valence-corrected chi connectivity index (χ4v) is 3.46. The summed E-state index contributed by atoms with van der Waals surface area (Å²) >= 11 is 0. The first-order valence-corrected chi connectivity index (χ1v) is 10.6. The molecule has 12 nitrogen and oxygen atoms in total. The Morgan fingerprint density at radius 1 is 1.33 bits per heavy atom. The number of nitroso groups, excluding NO2 is 2. The molecule has 3 rings (SSSR count). The van der Waals surface area contributed by atoms with E-state index < -0.39 is 37.2 Å². The number of carbonyl (C=O) groups excluding carboxylic acids is 1. The highest BCUT2D eigenvalue weighted by atomic mass is 16.7. The van der Waals surface area contributed by atoms with Crippen molar-refractivity contribution in [3.05, 3.63) is 51.9 Å². The van der Waals surface area contributed by atoms with Gasteiger partial charge in [0.25, 0.3) is 0 Å². The summed E-state index contributed by atoms with van der Waals surface area (Å²) in [7, 11) is 0. The highest BCUT2D eigenvalue weighted by molar-refractivity contribution is 5.67. The zero-order valence-corrected chi connectivity index (χ0v) is 18.4. The molecule has 2 aromatic rings. The van der Waals surface area contributed by atoms with Gasteiger partial charge in [0.05, 0.1) is 11.4 Å². The first-order chi connectivity index (χ1) is 16.0. The summed E-state index contributed by atoms with van der Waals surface area (Å²) in [5, 5.41) is 20.0. The van der Waals surface area contributed by atoms with Crippen molar-refractivity contribution in [1.82, 2.24) is 14.7 Å². The fraction of sp³-hybridized carbons (Fsp3) is 0.524. The Labute approximate surface area is 190 Å². The second kappa shape index (κ2) is 11.5. The summed E-state index contributed by atoms with van der Waals surface area (Å²) in [5.74, 6) is 0.451. The summed E-state index contributed by atoms with van der Waals surface area (Å²) in [5.41, 5.74) is 1.55. The number of aromatic nitrogens is 2. The molecule has 1 fully saturated rings. The Morgan fingerprint density at radius 2 is 2.09 bits per heavy atom. The number of aliphatic hydroxyl groups is 1. The van der Waals surface area contributed by atoms with E-state index >= 15 is 0 Å². The molecule has 3 unspecified atom stereocenters. The van der Waals surface area contributed by atoms with E-state index in [0.29, 0.717) is 18.8 Å². The third-order valence-electron chi connectivity index (χ3n) is 5.08. The molecular weight excluding hydrogens is 434 g/mol. The molecule has 1 N–H and O–H groups in total. The van der Waals surface area contributed by atoms with E-state index in [-0.39, 0.29) is 13.2 Å². The van der Waals surface area contributed by atoms with Gasteiger partial charge in [-0.3, -0.25) is 4.90 Å². The number of benzene rings is 1. The van der Waals surface area contributed by atoms with Crippen molar-refractivity contribution in [2.45, 2.75) is 51.2 Å². The monoisotopic (exact) mass is 461 g/mol. The van der Waals surface area contributed by atoms with Crippen LogP contribution < -0.4 is 4.74 Å². The molecular formula is C21H27N5O7. The lowest BCUT2D eigenvalue weighted by atomic mass is 9.99. The van der Waals surface area contributed by atoms with Crippen LogP contribution in [0.3, 0.4) is 0 Å². The maximum absolute atomic E-state index is 12.8. The lowest BCUT2D eigenvalue weighted by Gasteiger charge is -2.35. The van der Waals surface area contributed by atoms with E-state index in [4.69, 9.17) is 14.2 Å². The van der Waals surface area contributed by atoms with Crippen LogP contribution in [0.2, 0.25) is 0 Å². The summed E-state index contributed by atoms with van der Waals surface area (Å²) in [6.45, 7) is 3.55. The van der Waals surface area contributed by atoms with Crippen molar-refractivity contribution >= 4 is 6.09 Å². The van der Waals surface area contributed by atoms with Gasteiger partial charge in [-0.1, -0.05) is 35.5 Å². The highest BCUT2D eigenvalue weighted by Crippen LogP contribution is 2.25. The van der Waals surface area contributed by atoms with E-state index in [0.717, 1.165) is 11.4 Å². The zero-order chi connectivity index (χ0) is 23.8. The first kappa shape index (κ1) is 24.3. The topological polar surface area (TPSA) is 145 Å². The molecule has 33 heavy (non-hydrogen) atoms. The van der Waals surface area contributed by atoms with Crippen LogP contribution in [0.5, 0.6) is 5.88 Å². The molecule has 12 heteroatoms. The second-order valence-corrected chi connectivity index (χ2v) is 7.61. The average molecular weight is 461 g/mol. The Kier molecular flexibility index (Phi) is 8.44. The van der Waals surface area contributed by atoms with Crippen molar-refractivity contribution in [2.24, 2.45) is 10.4 Å².